The van der Waals surface area contributed by atoms with Gasteiger partial charge in [0.25, 0.3) is 0 Å². The Hall–Kier alpha value is -0.990. The second-order valence-corrected chi connectivity index (χ2v) is 5.16. The number of carbonyl (C=O) groups is 1. The van der Waals surface area contributed by atoms with Gasteiger partial charge in [0.05, 0.1) is 0 Å². The standard InChI is InChI=1S/C16H30O3/c1-6-10-12-16(9-4,13-11-7-2)19-15(17)18-14(5)8-3/h9,14H,4,6-8,10-13H2,1-3,5H3. The van der Waals surface area contributed by atoms with Crippen LogP contribution in [-0.2, 0) is 9.47 Å². The summed E-state index contributed by atoms with van der Waals surface area (Å²) in [6, 6.07) is 0. The highest BCUT2D eigenvalue weighted by Gasteiger charge is 2.31. The summed E-state index contributed by atoms with van der Waals surface area (Å²) in [5.41, 5.74) is -0.559. The Morgan fingerprint density at radius 2 is 1.74 bits per heavy atom. The third kappa shape index (κ3) is 7.24. The van der Waals surface area contributed by atoms with E-state index in [2.05, 4.69) is 20.4 Å². The van der Waals surface area contributed by atoms with Crippen molar-refractivity contribution in [1.82, 2.24) is 0 Å². The van der Waals surface area contributed by atoms with Crippen LogP contribution in [0.1, 0.15) is 72.6 Å². The lowest BCUT2D eigenvalue weighted by Crippen LogP contribution is -2.34. The Morgan fingerprint density at radius 1 is 1.21 bits per heavy atom. The van der Waals surface area contributed by atoms with Crippen molar-refractivity contribution in [2.75, 3.05) is 0 Å². The summed E-state index contributed by atoms with van der Waals surface area (Å²) < 4.78 is 10.8. The molecule has 0 rings (SSSR count). The molecule has 0 fully saturated rings. The van der Waals surface area contributed by atoms with Gasteiger partial charge in [-0.15, -0.1) is 0 Å². The minimum Gasteiger partial charge on any atom is -0.431 e. The van der Waals surface area contributed by atoms with Crippen molar-refractivity contribution in [2.45, 2.75) is 84.3 Å². The fraction of sp³-hybridized carbons (Fsp3) is 0.812. The van der Waals surface area contributed by atoms with Crippen molar-refractivity contribution in [2.24, 2.45) is 0 Å². The van der Waals surface area contributed by atoms with E-state index >= 15 is 0 Å². The molecule has 0 spiro atoms. The smallest absolute Gasteiger partial charge is 0.431 e. The Kier molecular flexibility index (Phi) is 9.36. The van der Waals surface area contributed by atoms with Crippen LogP contribution in [-0.4, -0.2) is 17.9 Å². The summed E-state index contributed by atoms with van der Waals surface area (Å²) in [5.74, 6) is 0. The predicted molar refractivity (Wildman–Crippen MR) is 79.3 cm³/mol. The van der Waals surface area contributed by atoms with Gasteiger partial charge < -0.3 is 9.47 Å². The summed E-state index contributed by atoms with van der Waals surface area (Å²) in [6.45, 7) is 12.0. The van der Waals surface area contributed by atoms with Crippen LogP contribution in [0.25, 0.3) is 0 Å². The molecule has 0 heterocycles. The predicted octanol–water partition coefficient (Wildman–Crippen LogP) is 5.24. The normalized spacial score (nSPS) is 12.8. The molecule has 0 bridgehead atoms. The first-order chi connectivity index (χ1) is 9.03. The van der Waals surface area contributed by atoms with E-state index in [1.807, 2.05) is 13.8 Å². The highest BCUT2D eigenvalue weighted by atomic mass is 16.7. The third-order valence-corrected chi connectivity index (χ3v) is 3.44. The molecular formula is C16H30O3. The molecule has 0 saturated carbocycles. The maximum absolute atomic E-state index is 11.8. The minimum absolute atomic E-state index is 0.104. The number of hydrogen-bond donors (Lipinski definition) is 0. The van der Waals surface area contributed by atoms with E-state index in [4.69, 9.17) is 9.47 Å². The van der Waals surface area contributed by atoms with Crippen LogP contribution in [0.5, 0.6) is 0 Å². The van der Waals surface area contributed by atoms with Gasteiger partial charge in [-0.05, 0) is 45.1 Å². The first kappa shape index (κ1) is 18.0. The van der Waals surface area contributed by atoms with Gasteiger partial charge in [-0.25, -0.2) is 4.79 Å². The molecule has 3 nitrogen and oxygen atoms in total. The second kappa shape index (κ2) is 9.88. The maximum atomic E-state index is 11.8. The number of hydrogen-bond acceptors (Lipinski definition) is 3. The van der Waals surface area contributed by atoms with E-state index in [-0.39, 0.29) is 6.10 Å². The van der Waals surface area contributed by atoms with Crippen LogP contribution in [0, 0.1) is 0 Å². The fourth-order valence-electron chi connectivity index (χ4n) is 1.86. The van der Waals surface area contributed by atoms with Crippen molar-refractivity contribution >= 4 is 6.16 Å². The van der Waals surface area contributed by atoms with E-state index in [9.17, 15) is 4.79 Å². The van der Waals surface area contributed by atoms with E-state index < -0.39 is 11.8 Å². The summed E-state index contributed by atoms with van der Waals surface area (Å²) in [4.78, 5) is 11.8. The molecule has 0 N–H and O–H groups in total. The minimum atomic E-state index is -0.568. The number of carbonyl (C=O) groups excluding carboxylic acids is 1. The van der Waals surface area contributed by atoms with Gasteiger partial charge in [-0.3, -0.25) is 0 Å². The van der Waals surface area contributed by atoms with E-state index in [1.54, 1.807) is 6.08 Å². The summed E-state index contributed by atoms with van der Waals surface area (Å²) in [7, 11) is 0. The van der Waals surface area contributed by atoms with Gasteiger partial charge in [-0.2, -0.15) is 0 Å². The van der Waals surface area contributed by atoms with Crippen LogP contribution in [0.3, 0.4) is 0 Å². The number of unbranched alkanes of at least 4 members (excludes halogenated alkanes) is 2. The zero-order valence-electron chi connectivity index (χ0n) is 13.0. The van der Waals surface area contributed by atoms with Gasteiger partial charge >= 0.3 is 6.16 Å². The highest BCUT2D eigenvalue weighted by molar-refractivity contribution is 5.61. The molecule has 0 aliphatic rings. The number of rotatable bonds is 10. The van der Waals surface area contributed by atoms with Gasteiger partial charge in [0, 0.05) is 0 Å². The van der Waals surface area contributed by atoms with Crippen molar-refractivity contribution in [3.63, 3.8) is 0 Å². The first-order valence-corrected chi connectivity index (χ1v) is 7.56. The summed E-state index contributed by atoms with van der Waals surface area (Å²) in [6.07, 6.45) is 7.73. The van der Waals surface area contributed by atoms with Crippen LogP contribution in [0.4, 0.5) is 4.79 Å². The molecule has 0 aromatic rings. The van der Waals surface area contributed by atoms with Crippen LogP contribution in [0.15, 0.2) is 12.7 Å². The van der Waals surface area contributed by atoms with Crippen LogP contribution in [0.2, 0.25) is 0 Å². The molecule has 0 saturated heterocycles. The molecule has 19 heavy (non-hydrogen) atoms. The Morgan fingerprint density at radius 3 is 2.11 bits per heavy atom. The topological polar surface area (TPSA) is 35.5 Å². The second-order valence-electron chi connectivity index (χ2n) is 5.16. The Balaban J connectivity index is 4.61. The molecule has 0 aliphatic heterocycles. The van der Waals surface area contributed by atoms with E-state index in [0.29, 0.717) is 0 Å². The molecular weight excluding hydrogens is 240 g/mol. The van der Waals surface area contributed by atoms with Gasteiger partial charge in [0.1, 0.15) is 11.7 Å². The summed E-state index contributed by atoms with van der Waals surface area (Å²) >= 11 is 0. The molecule has 3 heteroatoms. The van der Waals surface area contributed by atoms with Crippen molar-refractivity contribution in [1.29, 1.82) is 0 Å². The molecule has 0 aromatic heterocycles. The summed E-state index contributed by atoms with van der Waals surface area (Å²) in [5, 5.41) is 0. The lowest BCUT2D eigenvalue weighted by molar-refractivity contribution is -0.0347. The van der Waals surface area contributed by atoms with Crippen molar-refractivity contribution in [3.05, 3.63) is 12.7 Å². The Bertz CT molecular complexity index is 253. The monoisotopic (exact) mass is 270 g/mol. The Labute approximate surface area is 118 Å². The zero-order chi connectivity index (χ0) is 14.7. The van der Waals surface area contributed by atoms with Crippen molar-refractivity contribution in [3.8, 4) is 0 Å². The molecule has 0 radical (unpaired) electrons. The SMILES string of the molecule is C=CC(CCCC)(CCCC)OC(=O)OC(C)CC. The molecule has 1 unspecified atom stereocenters. The van der Waals surface area contributed by atoms with Crippen molar-refractivity contribution < 1.29 is 14.3 Å². The largest absolute Gasteiger partial charge is 0.509 e. The zero-order valence-corrected chi connectivity index (χ0v) is 13.0. The van der Waals surface area contributed by atoms with Crippen LogP contribution < -0.4 is 0 Å². The lowest BCUT2D eigenvalue weighted by atomic mass is 9.91. The quantitative estimate of drug-likeness (QED) is 0.402. The molecule has 112 valence electrons. The molecule has 0 aliphatic carbocycles. The van der Waals surface area contributed by atoms with E-state index in [0.717, 1.165) is 44.9 Å². The van der Waals surface area contributed by atoms with E-state index in [1.165, 1.54) is 0 Å². The van der Waals surface area contributed by atoms with Gasteiger partial charge in [-0.1, -0.05) is 40.2 Å². The van der Waals surface area contributed by atoms with Gasteiger partial charge in [0.15, 0.2) is 0 Å². The molecule has 0 amide bonds. The lowest BCUT2D eigenvalue weighted by Gasteiger charge is -2.30. The fourth-order valence-corrected chi connectivity index (χ4v) is 1.86. The molecule has 1 atom stereocenters. The van der Waals surface area contributed by atoms with Crippen LogP contribution >= 0.6 is 0 Å². The molecule has 0 aromatic carbocycles. The highest BCUT2D eigenvalue weighted by Crippen LogP contribution is 2.28. The third-order valence-electron chi connectivity index (χ3n) is 3.44. The van der Waals surface area contributed by atoms with Gasteiger partial charge in [0.2, 0.25) is 0 Å². The average Bonchev–Trinajstić information content (AvgIpc) is 2.41. The average molecular weight is 270 g/mol. The first-order valence-electron chi connectivity index (χ1n) is 7.56. The number of ether oxygens (including phenoxy) is 2. The maximum Gasteiger partial charge on any atom is 0.509 e.